The van der Waals surface area contributed by atoms with Gasteiger partial charge in [0.05, 0.1) is 5.92 Å². The first-order chi connectivity index (χ1) is 11.4. The van der Waals surface area contributed by atoms with Gasteiger partial charge in [-0.25, -0.2) is 0 Å². The molecule has 1 aromatic rings. The maximum atomic E-state index is 12.5. The molecule has 2 aliphatic rings. The Morgan fingerprint density at radius 1 is 1.29 bits per heavy atom. The predicted molar refractivity (Wildman–Crippen MR) is 94.5 cm³/mol. The van der Waals surface area contributed by atoms with Crippen molar-refractivity contribution in [1.29, 1.82) is 0 Å². The highest BCUT2D eigenvalue weighted by Gasteiger charge is 2.60. The molecule has 0 spiro atoms. The largest absolute Gasteiger partial charge is 0.355 e. The van der Waals surface area contributed by atoms with Crippen molar-refractivity contribution in [2.45, 2.75) is 66.3 Å². The molecule has 24 heavy (non-hydrogen) atoms. The molecular weight excluding hydrogens is 300 g/mol. The average Bonchev–Trinajstić information content (AvgIpc) is 2.96. The first-order valence-corrected chi connectivity index (χ1v) is 9.25. The number of nitrogens with zero attached hydrogens (tertiary/aromatic N) is 3. The van der Waals surface area contributed by atoms with E-state index in [-0.39, 0.29) is 17.2 Å². The van der Waals surface area contributed by atoms with Crippen LogP contribution >= 0.6 is 0 Å². The van der Waals surface area contributed by atoms with Gasteiger partial charge in [0.25, 0.3) is 0 Å². The van der Waals surface area contributed by atoms with E-state index in [0.29, 0.717) is 12.5 Å². The number of nitrogens with one attached hydrogen (secondary N) is 1. The molecule has 5 nitrogen and oxygen atoms in total. The van der Waals surface area contributed by atoms with Gasteiger partial charge in [-0.05, 0) is 38.0 Å². The molecule has 3 rings (SSSR count). The zero-order valence-electron chi connectivity index (χ0n) is 15.4. The van der Waals surface area contributed by atoms with Crippen molar-refractivity contribution in [2.24, 2.45) is 17.3 Å². The number of aryl methyl sites for hydroxylation is 1. The van der Waals surface area contributed by atoms with E-state index < -0.39 is 0 Å². The van der Waals surface area contributed by atoms with Gasteiger partial charge in [-0.1, -0.05) is 31.9 Å². The van der Waals surface area contributed by atoms with Crippen LogP contribution in [0.1, 0.15) is 58.6 Å². The van der Waals surface area contributed by atoms with Crippen LogP contribution in [0.15, 0.2) is 11.6 Å². The summed E-state index contributed by atoms with van der Waals surface area (Å²) in [7, 11) is 0. The zero-order valence-corrected chi connectivity index (χ0v) is 15.4. The minimum absolute atomic E-state index is 0.0767. The number of carbonyl (C=O) groups excluding carboxylic acids is 1. The third-order valence-corrected chi connectivity index (χ3v) is 5.54. The zero-order chi connectivity index (χ0) is 17.3. The van der Waals surface area contributed by atoms with Crippen molar-refractivity contribution in [3.63, 3.8) is 0 Å². The van der Waals surface area contributed by atoms with E-state index in [1.165, 1.54) is 24.8 Å². The Bertz CT molecular complexity index is 640. The number of fused-ring (bicyclic) bond motifs is 1. The first-order valence-electron chi connectivity index (χ1n) is 9.25. The molecule has 0 saturated heterocycles. The number of carbonyl (C=O) groups is 1. The third-order valence-electron chi connectivity index (χ3n) is 5.54. The molecule has 0 aromatic carbocycles. The van der Waals surface area contributed by atoms with Crippen LogP contribution < -0.4 is 5.32 Å². The minimum atomic E-state index is 0.0767. The van der Waals surface area contributed by atoms with Crippen LogP contribution in [-0.2, 0) is 24.2 Å². The average molecular weight is 330 g/mol. The van der Waals surface area contributed by atoms with Crippen LogP contribution in [0.2, 0.25) is 0 Å². The second-order valence-corrected chi connectivity index (χ2v) is 8.10. The van der Waals surface area contributed by atoms with Crippen molar-refractivity contribution in [3.8, 4) is 0 Å². The van der Waals surface area contributed by atoms with E-state index in [4.69, 9.17) is 0 Å². The number of rotatable bonds is 5. The van der Waals surface area contributed by atoms with Crippen LogP contribution in [-0.4, -0.2) is 27.2 Å². The number of aromatic nitrogens is 3. The molecule has 1 aromatic heterocycles. The van der Waals surface area contributed by atoms with Crippen molar-refractivity contribution < 1.29 is 4.79 Å². The standard InChI is InChI=1S/C19H30N4O/c1-13(2)12-14-17(19(14,3)4)18(24)20-10-9-16-22-21-15-8-6-5-7-11-23(15)16/h12,14,17H,5-11H2,1-4H3,(H,20,24)/t14-,17+/m1/s1. The summed E-state index contributed by atoms with van der Waals surface area (Å²) in [5, 5.41) is 11.8. The summed E-state index contributed by atoms with van der Waals surface area (Å²) in [5.41, 5.74) is 1.36. The Hall–Kier alpha value is -1.65. The van der Waals surface area contributed by atoms with E-state index in [2.05, 4.69) is 53.9 Å². The maximum Gasteiger partial charge on any atom is 0.224 e. The first kappa shape index (κ1) is 17.2. The van der Waals surface area contributed by atoms with Gasteiger partial charge in [0.2, 0.25) is 5.91 Å². The van der Waals surface area contributed by atoms with Crippen LogP contribution in [0.5, 0.6) is 0 Å². The Labute approximate surface area is 144 Å². The quantitative estimate of drug-likeness (QED) is 0.845. The molecule has 1 fully saturated rings. The summed E-state index contributed by atoms with van der Waals surface area (Å²) in [5.74, 6) is 2.77. The minimum Gasteiger partial charge on any atom is -0.355 e. The van der Waals surface area contributed by atoms with Gasteiger partial charge < -0.3 is 9.88 Å². The lowest BCUT2D eigenvalue weighted by Crippen LogP contribution is -2.29. The Morgan fingerprint density at radius 3 is 2.83 bits per heavy atom. The Balaban J connectivity index is 1.53. The van der Waals surface area contributed by atoms with Gasteiger partial charge in [0.1, 0.15) is 11.6 Å². The van der Waals surface area contributed by atoms with Gasteiger partial charge in [0.15, 0.2) is 0 Å². The summed E-state index contributed by atoms with van der Waals surface area (Å²) < 4.78 is 2.26. The van der Waals surface area contributed by atoms with Crippen molar-refractivity contribution >= 4 is 5.91 Å². The number of hydrogen-bond acceptors (Lipinski definition) is 3. The van der Waals surface area contributed by atoms with Crippen molar-refractivity contribution in [2.75, 3.05) is 6.54 Å². The van der Waals surface area contributed by atoms with Crippen molar-refractivity contribution in [1.82, 2.24) is 20.1 Å². The molecule has 1 saturated carbocycles. The molecule has 1 aliphatic heterocycles. The number of hydrogen-bond donors (Lipinski definition) is 1. The fourth-order valence-electron chi connectivity index (χ4n) is 3.99. The van der Waals surface area contributed by atoms with Gasteiger partial charge in [0, 0.05) is 25.9 Å². The van der Waals surface area contributed by atoms with Crippen LogP contribution in [0.3, 0.4) is 0 Å². The lowest BCUT2D eigenvalue weighted by atomic mass is 10.1. The number of allylic oxidation sites excluding steroid dienone is 2. The van der Waals surface area contributed by atoms with E-state index >= 15 is 0 Å². The molecule has 5 heteroatoms. The Morgan fingerprint density at radius 2 is 2.08 bits per heavy atom. The monoisotopic (exact) mass is 330 g/mol. The summed E-state index contributed by atoms with van der Waals surface area (Å²) in [6.07, 6.45) is 7.70. The van der Waals surface area contributed by atoms with Crippen LogP contribution in [0.25, 0.3) is 0 Å². The SMILES string of the molecule is CC(C)=C[C@@H]1[C@@H](C(=O)NCCc2nnc3n2CCCCC3)C1(C)C. The summed E-state index contributed by atoms with van der Waals surface area (Å²) in [6.45, 7) is 10.2. The van der Waals surface area contributed by atoms with Gasteiger partial charge in [-0.3, -0.25) is 4.79 Å². The van der Waals surface area contributed by atoms with Crippen LogP contribution in [0.4, 0.5) is 0 Å². The topological polar surface area (TPSA) is 59.8 Å². The molecule has 1 aliphatic carbocycles. The molecule has 2 heterocycles. The number of amides is 1. The molecule has 132 valence electrons. The maximum absolute atomic E-state index is 12.5. The van der Waals surface area contributed by atoms with Crippen LogP contribution in [0, 0.1) is 17.3 Å². The van der Waals surface area contributed by atoms with Gasteiger partial charge in [-0.2, -0.15) is 0 Å². The fraction of sp³-hybridized carbons (Fsp3) is 0.737. The van der Waals surface area contributed by atoms with E-state index in [9.17, 15) is 4.79 Å². The second-order valence-electron chi connectivity index (χ2n) is 8.10. The summed E-state index contributed by atoms with van der Waals surface area (Å²) in [6, 6.07) is 0. The summed E-state index contributed by atoms with van der Waals surface area (Å²) in [4.78, 5) is 12.5. The van der Waals surface area contributed by atoms with E-state index in [0.717, 1.165) is 31.0 Å². The lowest BCUT2D eigenvalue weighted by molar-refractivity contribution is -0.123. The van der Waals surface area contributed by atoms with E-state index in [1.807, 2.05) is 0 Å². The molecular formula is C19H30N4O. The highest BCUT2D eigenvalue weighted by Crippen LogP contribution is 2.59. The van der Waals surface area contributed by atoms with E-state index in [1.54, 1.807) is 0 Å². The normalized spacial score (nSPS) is 24.7. The molecule has 1 amide bonds. The highest BCUT2D eigenvalue weighted by atomic mass is 16.2. The molecule has 0 unspecified atom stereocenters. The van der Waals surface area contributed by atoms with Gasteiger partial charge in [-0.15, -0.1) is 10.2 Å². The highest BCUT2D eigenvalue weighted by molar-refractivity contribution is 5.83. The molecule has 2 atom stereocenters. The Kier molecular flexibility index (Phi) is 4.79. The van der Waals surface area contributed by atoms with Gasteiger partial charge >= 0.3 is 0 Å². The smallest absolute Gasteiger partial charge is 0.224 e. The summed E-state index contributed by atoms with van der Waals surface area (Å²) >= 11 is 0. The molecule has 0 radical (unpaired) electrons. The predicted octanol–water partition coefficient (Wildman–Crippen LogP) is 2.90. The fourth-order valence-corrected chi connectivity index (χ4v) is 3.99. The van der Waals surface area contributed by atoms with Crippen molar-refractivity contribution in [3.05, 3.63) is 23.3 Å². The third kappa shape index (κ3) is 3.40. The second kappa shape index (κ2) is 6.69. The molecule has 0 bridgehead atoms. The lowest BCUT2D eigenvalue weighted by Gasteiger charge is -2.08. The molecule has 1 N–H and O–H groups in total.